The second-order valence-corrected chi connectivity index (χ2v) is 34.7. The van der Waals surface area contributed by atoms with Crippen molar-refractivity contribution in [1.82, 2.24) is 35.1 Å². The van der Waals surface area contributed by atoms with Crippen LogP contribution in [0, 0.1) is 73.0 Å². The van der Waals surface area contributed by atoms with Crippen molar-refractivity contribution in [2.45, 2.75) is 170 Å². The maximum Gasteiger partial charge on any atom is 0.320 e. The predicted octanol–water partition coefficient (Wildman–Crippen LogP) is 21.2. The zero-order valence-electron chi connectivity index (χ0n) is 76.0. The number of hydrogen-bond acceptors (Lipinski definition) is 24. The predicted molar refractivity (Wildman–Crippen MR) is 516 cm³/mol. The Morgan fingerprint density at radius 1 is 0.380 bits per heavy atom. The highest BCUT2D eigenvalue weighted by Crippen LogP contribution is 2.44. The van der Waals surface area contributed by atoms with Gasteiger partial charge in [0.15, 0.2) is 17.8 Å². The summed E-state index contributed by atoms with van der Waals surface area (Å²) in [7, 11) is 1.53. The highest BCUT2D eigenvalue weighted by molar-refractivity contribution is 6.33. The zero-order valence-corrected chi connectivity index (χ0v) is 79.0. The first kappa shape index (κ1) is 100. The zero-order chi connectivity index (χ0) is 97.0. The van der Waals surface area contributed by atoms with Crippen molar-refractivity contribution in [1.29, 1.82) is 21.0 Å². The molecule has 702 valence electrons. The van der Waals surface area contributed by atoms with Crippen molar-refractivity contribution in [2.75, 3.05) is 26.7 Å². The summed E-state index contributed by atoms with van der Waals surface area (Å²) >= 11 is 27.0. The molecule has 3 aliphatic heterocycles. The van der Waals surface area contributed by atoms with E-state index in [-0.39, 0.29) is 69.5 Å². The average molecular weight is 1920 g/mol. The summed E-state index contributed by atoms with van der Waals surface area (Å²) in [5.41, 5.74) is 18.1. The summed E-state index contributed by atoms with van der Waals surface area (Å²) in [5, 5.41) is 70.0. The van der Waals surface area contributed by atoms with E-state index < -0.39 is 30.0 Å². The third-order valence-electron chi connectivity index (χ3n) is 24.0. The molecule has 0 bridgehead atoms. The van der Waals surface area contributed by atoms with Crippen LogP contribution in [-0.4, -0.2) is 114 Å². The fourth-order valence-corrected chi connectivity index (χ4v) is 17.3. The first-order valence-electron chi connectivity index (χ1n) is 44.3. The van der Waals surface area contributed by atoms with Crippen molar-refractivity contribution >= 4 is 70.6 Å². The highest BCUT2D eigenvalue weighted by atomic mass is 35.5. The Hall–Kier alpha value is -14.4. The number of piperidine rings is 3. The van der Waals surface area contributed by atoms with Crippen molar-refractivity contribution in [3.05, 3.63) is 321 Å². The number of aromatic nitrogens is 4. The molecule has 12 aromatic rings. The number of halogens is 4. The van der Waals surface area contributed by atoms with Gasteiger partial charge in [0.2, 0.25) is 0 Å². The Labute approximate surface area is 814 Å². The van der Waals surface area contributed by atoms with Gasteiger partial charge < -0.3 is 63.3 Å². The van der Waals surface area contributed by atoms with Crippen molar-refractivity contribution < 1.29 is 77.1 Å². The molecule has 4 aromatic heterocycles. The number of aliphatic carboxylic acids is 3. The Balaban J connectivity index is 0.000000217. The molecule has 8 aromatic carbocycles. The molecule has 0 amide bonds. The second-order valence-electron chi connectivity index (χ2n) is 33.1. The number of carbonyl (C=O) groups is 4. The molecule has 0 spiro atoms. The first-order valence-corrected chi connectivity index (χ1v) is 45.9. The van der Waals surface area contributed by atoms with Crippen molar-refractivity contribution in [3.8, 4) is 98.3 Å². The van der Waals surface area contributed by atoms with Crippen LogP contribution in [0.5, 0.6) is 51.7 Å². The maximum absolute atomic E-state index is 12.2. The molecule has 0 saturated carbocycles. The normalized spacial score (nSPS) is 14.6. The largest absolute Gasteiger partial charge is 0.493 e. The van der Waals surface area contributed by atoms with E-state index in [9.17, 15) is 50.4 Å². The molecule has 27 nitrogen and oxygen atoms in total. The SMILES string of the molecule is COc1cc(Cl)c(OCc2cccc(-c3cccc(COc4cc(OCc5cncc(C#N)c5)c(C=O)cc4Cl)c3C)c2C)cc1OCc1cncc(C#N)c1.Cc1c(COc2cc(OCc3cncc(C#N)c3)c(CN3CCCC[C@H]3C(=O)O)cc2Cl)cccc1-c1cccc(COc2cc(OCc3cncc(C#N)c3)c(CN3CCCC[C@H]3C(=O)O)cc2Cl)c1C.O=C(O)[C@@H]1CCCCN1. The van der Waals surface area contributed by atoms with Gasteiger partial charge in [-0.1, -0.05) is 138 Å². The Morgan fingerprint density at radius 2 is 0.701 bits per heavy atom. The summed E-state index contributed by atoms with van der Waals surface area (Å²) in [5.74, 6) is 1.27. The van der Waals surface area contributed by atoms with E-state index in [1.165, 1.54) is 38.0 Å². The number of benzene rings is 8. The van der Waals surface area contributed by atoms with Gasteiger partial charge in [-0.3, -0.25) is 48.9 Å². The summed E-state index contributed by atoms with van der Waals surface area (Å²) in [6.07, 6.45) is 20.6. The average Bonchev–Trinajstić information content (AvgIpc) is 0.737. The second kappa shape index (κ2) is 48.7. The Bertz CT molecular complexity index is 6370. The molecule has 3 saturated heterocycles. The highest BCUT2D eigenvalue weighted by Gasteiger charge is 2.33. The monoisotopic (exact) mass is 1920 g/mol. The molecular weight excluding hydrogens is 1830 g/mol. The Morgan fingerprint density at radius 3 is 1.02 bits per heavy atom. The smallest absolute Gasteiger partial charge is 0.320 e. The van der Waals surface area contributed by atoms with E-state index in [4.69, 9.17) is 94.1 Å². The minimum atomic E-state index is -0.860. The lowest BCUT2D eigenvalue weighted by atomic mass is 9.92. The number of rotatable bonds is 35. The van der Waals surface area contributed by atoms with E-state index in [0.29, 0.717) is 151 Å². The molecular formula is C106H99Cl4N11O16. The molecule has 0 unspecified atom stereocenters. The van der Waals surface area contributed by atoms with Crippen LogP contribution in [-0.2, 0) is 80.3 Å². The van der Waals surface area contributed by atoms with Crippen LogP contribution in [0.25, 0.3) is 22.3 Å². The topological polar surface area (TPSA) is 377 Å². The number of ether oxygens (including phenoxy) is 9. The van der Waals surface area contributed by atoms with E-state index >= 15 is 0 Å². The quantitative estimate of drug-likeness (QED) is 0.0268. The minimum Gasteiger partial charge on any atom is -0.493 e. The number of methoxy groups -OCH3 is 1. The number of likely N-dealkylation sites (tertiary alicyclic amines) is 2. The van der Waals surface area contributed by atoms with Crippen LogP contribution < -0.4 is 47.9 Å². The summed E-state index contributed by atoms with van der Waals surface area (Å²) in [4.78, 5) is 66.9. The molecule has 3 aliphatic rings. The Kier molecular flexibility index (Phi) is 35.6. The van der Waals surface area contributed by atoms with E-state index in [2.05, 4.69) is 87.6 Å². The lowest BCUT2D eigenvalue weighted by Crippen LogP contribution is -2.44. The number of nitrogens with one attached hydrogen (secondary N) is 1. The summed E-state index contributed by atoms with van der Waals surface area (Å²) in [6, 6.07) is 51.3. The van der Waals surface area contributed by atoms with Crippen molar-refractivity contribution in [2.24, 2.45) is 0 Å². The van der Waals surface area contributed by atoms with Crippen molar-refractivity contribution in [3.63, 3.8) is 0 Å². The van der Waals surface area contributed by atoms with Crippen LogP contribution in [0.3, 0.4) is 0 Å². The number of carboxylic acids is 3. The fourth-order valence-electron chi connectivity index (χ4n) is 16.4. The number of carbonyl (C=O) groups excluding carboxylic acids is 1. The molecule has 31 heteroatoms. The van der Waals surface area contributed by atoms with Gasteiger partial charge >= 0.3 is 17.9 Å². The molecule has 7 heterocycles. The molecule has 4 N–H and O–H groups in total. The van der Waals surface area contributed by atoms with Gasteiger partial charge in [0.25, 0.3) is 0 Å². The van der Waals surface area contributed by atoms with Crippen LogP contribution in [0.4, 0.5) is 0 Å². The molecule has 0 radical (unpaired) electrons. The third-order valence-corrected chi connectivity index (χ3v) is 25.1. The number of hydrogen-bond donors (Lipinski definition) is 4. The molecule has 3 atom stereocenters. The van der Waals surface area contributed by atoms with E-state index in [0.717, 1.165) is 135 Å². The van der Waals surface area contributed by atoms with Crippen LogP contribution in [0.2, 0.25) is 20.1 Å². The van der Waals surface area contributed by atoms with Crippen LogP contribution in [0.15, 0.2) is 195 Å². The van der Waals surface area contributed by atoms with Gasteiger partial charge in [-0.2, -0.15) is 21.0 Å². The lowest BCUT2D eigenvalue weighted by molar-refractivity contribution is -0.145. The summed E-state index contributed by atoms with van der Waals surface area (Å²) < 4.78 is 55.5. The van der Waals surface area contributed by atoms with Gasteiger partial charge in [-0.15, -0.1) is 0 Å². The van der Waals surface area contributed by atoms with Gasteiger partial charge in [0.1, 0.15) is 136 Å². The third kappa shape index (κ3) is 26.6. The standard InChI is InChI=1S/C56H54Cl2N6O8.C44H34Cl2N4O6.C6H11NO2/c1-35-41(33-71-53-21-51(69-31-39-17-37(23-59)25-61-27-39)43(19-47(53)57)29-63-15-5-3-13-49(63)55(65)66)9-7-11-45(35)46-12-8-10-42(36(46)2)34-72-54-22-52(70-32-40-18-38(24-60)26-62-28-40)44(20-48(54)58)30-64-16-6-4-14-50(64)56(67)68;1-27-33(25-55-41-14-40(35(22-51)12-38(41)45)53-23-31-10-29(16-47)18-49-20-31)6-4-8-36(27)37-9-5-7-34(28(37)2)26-56-42-15-44(43(52-3)13-39(42)46)54-24-32-11-30(17-48)19-50-21-32;8-6(9)5-3-1-2-4-7-5/h7-12,17-22,25-28,49-50H,3-6,13-16,29-34H2,1-2H3,(H,65,66)(H,67,68);4-15,18-22H,23-26H2,1-3H3;5,7H,1-4H2,(H,8,9)/t49-,50-;;5-/m0.0/s1. The lowest BCUT2D eigenvalue weighted by Gasteiger charge is -2.33. The van der Waals surface area contributed by atoms with Gasteiger partial charge in [0.05, 0.1) is 55.0 Å². The molecule has 3 fully saturated rings. The first-order chi connectivity index (χ1) is 66.4. The summed E-state index contributed by atoms with van der Waals surface area (Å²) in [6.45, 7) is 12.2. The molecule has 15 rings (SSSR count). The number of pyridine rings is 4. The molecule has 0 aliphatic carbocycles. The number of aldehydes is 1. The number of nitriles is 4. The molecule has 137 heavy (non-hydrogen) atoms. The van der Waals surface area contributed by atoms with Gasteiger partial charge in [0, 0.05) is 126 Å². The fraction of sp³-hybridized carbons (Fsp3) is 0.283. The van der Waals surface area contributed by atoms with Gasteiger partial charge in [-0.25, -0.2) is 0 Å². The van der Waals surface area contributed by atoms with Crippen LogP contribution in [0.1, 0.15) is 168 Å². The number of carboxylic acid groups (broad SMARTS) is 3. The maximum atomic E-state index is 12.2. The van der Waals surface area contributed by atoms with E-state index in [1.54, 1.807) is 91.5 Å². The van der Waals surface area contributed by atoms with Gasteiger partial charge in [-0.05, 0) is 195 Å². The minimum absolute atomic E-state index is 0.0934. The number of nitrogens with zero attached hydrogens (tertiary/aromatic N) is 10. The van der Waals surface area contributed by atoms with E-state index in [1.807, 2.05) is 72.2 Å². The van der Waals surface area contributed by atoms with Crippen LogP contribution >= 0.6 is 46.4 Å².